The molecule has 1 heterocycles. The minimum Gasteiger partial charge on any atom is -0.444 e. The third-order valence-corrected chi connectivity index (χ3v) is 4.39. The summed E-state index contributed by atoms with van der Waals surface area (Å²) in [4.78, 5) is 13.9. The molecule has 1 aliphatic heterocycles. The van der Waals surface area contributed by atoms with Crippen LogP contribution in [-0.2, 0) is 4.74 Å². The molecule has 120 valence electrons. The summed E-state index contributed by atoms with van der Waals surface area (Å²) in [5, 5.41) is 0. The van der Waals surface area contributed by atoms with Gasteiger partial charge in [0.2, 0.25) is 0 Å². The first-order valence-corrected chi connectivity index (χ1v) is 8.29. The van der Waals surface area contributed by atoms with Crippen LogP contribution >= 0.6 is 0 Å². The largest absolute Gasteiger partial charge is 0.444 e. The van der Waals surface area contributed by atoms with Crippen molar-refractivity contribution in [2.45, 2.75) is 70.9 Å². The number of carbonyl (C=O) groups excluding carboxylic acids is 1. The molecule has 2 N–H and O–H groups in total. The zero-order valence-corrected chi connectivity index (χ0v) is 13.7. The highest BCUT2D eigenvalue weighted by Gasteiger charge is 2.33. The molecule has 1 aliphatic carbocycles. The van der Waals surface area contributed by atoms with Crippen molar-refractivity contribution in [3.8, 4) is 0 Å². The van der Waals surface area contributed by atoms with Gasteiger partial charge in [0, 0.05) is 19.1 Å². The molecule has 21 heavy (non-hydrogen) atoms. The molecule has 0 aromatic carbocycles. The molecule has 0 spiro atoms. The van der Waals surface area contributed by atoms with E-state index in [0.29, 0.717) is 5.92 Å². The van der Waals surface area contributed by atoms with Crippen molar-refractivity contribution >= 4 is 6.09 Å². The minimum absolute atomic E-state index is 0.107. The zero-order chi connectivity index (χ0) is 15.5. The maximum atomic E-state index is 12.1. The SMILES string of the molecule is CC(C)(C)OC(=O)N1CCC(C(N)C2=CCCCCC2)C1. The maximum absolute atomic E-state index is 12.1. The van der Waals surface area contributed by atoms with Crippen LogP contribution in [-0.4, -0.2) is 35.7 Å². The van der Waals surface area contributed by atoms with Crippen LogP contribution in [0, 0.1) is 5.92 Å². The molecule has 0 radical (unpaired) electrons. The number of amides is 1. The average molecular weight is 294 g/mol. The minimum atomic E-state index is -0.429. The van der Waals surface area contributed by atoms with Crippen LogP contribution in [0.3, 0.4) is 0 Å². The van der Waals surface area contributed by atoms with Crippen LogP contribution in [0.5, 0.6) is 0 Å². The lowest BCUT2D eigenvalue weighted by molar-refractivity contribution is 0.0287. The fourth-order valence-corrected chi connectivity index (χ4v) is 3.22. The fraction of sp³-hybridized carbons (Fsp3) is 0.824. The maximum Gasteiger partial charge on any atom is 0.410 e. The van der Waals surface area contributed by atoms with Gasteiger partial charge in [-0.1, -0.05) is 18.1 Å². The van der Waals surface area contributed by atoms with E-state index in [4.69, 9.17) is 10.5 Å². The van der Waals surface area contributed by atoms with Gasteiger partial charge in [0.05, 0.1) is 0 Å². The number of nitrogens with zero attached hydrogens (tertiary/aromatic N) is 1. The van der Waals surface area contributed by atoms with E-state index in [9.17, 15) is 4.79 Å². The van der Waals surface area contributed by atoms with Gasteiger partial charge in [-0.3, -0.25) is 0 Å². The third-order valence-electron chi connectivity index (χ3n) is 4.39. The van der Waals surface area contributed by atoms with E-state index >= 15 is 0 Å². The Kier molecular flexibility index (Phi) is 5.31. The third kappa shape index (κ3) is 4.73. The molecule has 0 aromatic rings. The summed E-state index contributed by atoms with van der Waals surface area (Å²) in [5.74, 6) is 0.377. The van der Waals surface area contributed by atoms with Gasteiger partial charge in [0.1, 0.15) is 5.60 Å². The van der Waals surface area contributed by atoms with Crippen LogP contribution in [0.15, 0.2) is 11.6 Å². The predicted molar refractivity (Wildman–Crippen MR) is 85.1 cm³/mol. The Hall–Kier alpha value is -1.03. The second-order valence-corrected chi connectivity index (χ2v) is 7.38. The number of allylic oxidation sites excluding steroid dienone is 1. The molecule has 2 rings (SSSR count). The monoisotopic (exact) mass is 294 g/mol. The van der Waals surface area contributed by atoms with Crippen LogP contribution < -0.4 is 5.73 Å². The molecule has 0 aromatic heterocycles. The Balaban J connectivity index is 1.89. The van der Waals surface area contributed by atoms with E-state index < -0.39 is 5.60 Å². The molecule has 1 fully saturated rings. The van der Waals surface area contributed by atoms with Gasteiger partial charge in [-0.15, -0.1) is 0 Å². The molecule has 0 bridgehead atoms. The van der Waals surface area contributed by atoms with Gasteiger partial charge in [0.25, 0.3) is 0 Å². The first-order valence-electron chi connectivity index (χ1n) is 8.29. The topological polar surface area (TPSA) is 55.6 Å². The summed E-state index contributed by atoms with van der Waals surface area (Å²) in [6, 6.07) is 0.107. The van der Waals surface area contributed by atoms with Crippen molar-refractivity contribution in [2.75, 3.05) is 13.1 Å². The van der Waals surface area contributed by atoms with Gasteiger partial charge < -0.3 is 15.4 Å². The smallest absolute Gasteiger partial charge is 0.410 e. The van der Waals surface area contributed by atoms with E-state index in [0.717, 1.165) is 32.4 Å². The van der Waals surface area contributed by atoms with E-state index in [1.54, 1.807) is 0 Å². The number of carbonyl (C=O) groups is 1. The standard InChI is InChI=1S/C17H30N2O2/c1-17(2,3)21-16(20)19-11-10-14(12-19)15(18)13-8-6-4-5-7-9-13/h8,14-15H,4-7,9-12,18H2,1-3H3. The Morgan fingerprint density at radius 3 is 2.86 bits per heavy atom. The highest BCUT2D eigenvalue weighted by molar-refractivity contribution is 5.68. The lowest BCUT2D eigenvalue weighted by Crippen LogP contribution is -2.38. The first-order chi connectivity index (χ1) is 9.87. The van der Waals surface area contributed by atoms with Crippen LogP contribution in [0.2, 0.25) is 0 Å². The number of hydrogen-bond acceptors (Lipinski definition) is 3. The lowest BCUT2D eigenvalue weighted by Gasteiger charge is -2.26. The molecule has 2 atom stereocenters. The van der Waals surface area contributed by atoms with Crippen molar-refractivity contribution < 1.29 is 9.53 Å². The van der Waals surface area contributed by atoms with Crippen molar-refractivity contribution in [1.82, 2.24) is 4.90 Å². The van der Waals surface area contributed by atoms with Gasteiger partial charge >= 0.3 is 6.09 Å². The Labute approximate surface area is 128 Å². The second kappa shape index (κ2) is 6.82. The number of hydrogen-bond donors (Lipinski definition) is 1. The van der Waals surface area contributed by atoms with Gasteiger partial charge in [0.15, 0.2) is 0 Å². The summed E-state index contributed by atoms with van der Waals surface area (Å²) in [6.07, 6.45) is 9.25. The van der Waals surface area contributed by atoms with Crippen LogP contribution in [0.1, 0.15) is 59.3 Å². The molecule has 2 aliphatic rings. The van der Waals surface area contributed by atoms with Crippen molar-refractivity contribution in [1.29, 1.82) is 0 Å². The fourth-order valence-electron chi connectivity index (χ4n) is 3.22. The van der Waals surface area contributed by atoms with Crippen molar-refractivity contribution in [3.05, 3.63) is 11.6 Å². The molecular weight excluding hydrogens is 264 g/mol. The zero-order valence-electron chi connectivity index (χ0n) is 13.7. The van der Waals surface area contributed by atoms with E-state index in [1.165, 1.54) is 24.8 Å². The first kappa shape index (κ1) is 16.3. The highest BCUT2D eigenvalue weighted by Crippen LogP contribution is 2.28. The Morgan fingerprint density at radius 1 is 1.38 bits per heavy atom. The quantitative estimate of drug-likeness (QED) is 0.793. The van der Waals surface area contributed by atoms with Crippen LogP contribution in [0.25, 0.3) is 0 Å². The number of nitrogens with two attached hydrogens (primary N) is 1. The highest BCUT2D eigenvalue weighted by atomic mass is 16.6. The molecule has 4 nitrogen and oxygen atoms in total. The molecule has 2 unspecified atom stereocenters. The normalized spacial score (nSPS) is 25.2. The summed E-state index contributed by atoms with van der Waals surface area (Å²) in [6.45, 7) is 7.20. The van der Waals surface area contributed by atoms with Crippen LogP contribution in [0.4, 0.5) is 4.79 Å². The molecule has 4 heteroatoms. The van der Waals surface area contributed by atoms with Gasteiger partial charge in [-0.2, -0.15) is 0 Å². The summed E-state index contributed by atoms with van der Waals surface area (Å²) in [7, 11) is 0. The molecule has 1 amide bonds. The Morgan fingerprint density at radius 2 is 2.14 bits per heavy atom. The van der Waals surface area contributed by atoms with E-state index in [-0.39, 0.29) is 12.1 Å². The van der Waals surface area contributed by atoms with Crippen molar-refractivity contribution in [3.63, 3.8) is 0 Å². The van der Waals surface area contributed by atoms with E-state index in [2.05, 4.69) is 6.08 Å². The second-order valence-electron chi connectivity index (χ2n) is 7.38. The summed E-state index contributed by atoms with van der Waals surface area (Å²) >= 11 is 0. The molecule has 1 saturated heterocycles. The van der Waals surface area contributed by atoms with Crippen molar-refractivity contribution in [2.24, 2.45) is 11.7 Å². The summed E-state index contributed by atoms with van der Waals surface area (Å²) in [5.41, 5.74) is 7.44. The van der Waals surface area contributed by atoms with Gasteiger partial charge in [-0.25, -0.2) is 4.79 Å². The molecule has 0 saturated carbocycles. The van der Waals surface area contributed by atoms with Gasteiger partial charge in [-0.05, 0) is 58.8 Å². The molecular formula is C17H30N2O2. The van der Waals surface area contributed by atoms with E-state index in [1.807, 2.05) is 25.7 Å². The number of rotatable bonds is 2. The number of ether oxygens (including phenoxy) is 1. The lowest BCUT2D eigenvalue weighted by atomic mass is 9.90. The Bertz CT molecular complexity index is 398. The summed E-state index contributed by atoms with van der Waals surface area (Å²) < 4.78 is 5.45. The number of likely N-dealkylation sites (tertiary alicyclic amines) is 1. The average Bonchev–Trinajstić information content (AvgIpc) is 2.72. The predicted octanol–water partition coefficient (Wildman–Crippen LogP) is 3.46.